The number of carbonyl (C=O) groups excluding carboxylic acids is 2. The molecule has 1 atom stereocenters. The van der Waals surface area contributed by atoms with E-state index in [1.807, 2.05) is 37.3 Å². The Balaban J connectivity index is 2.06. The first-order valence-corrected chi connectivity index (χ1v) is 7.14. The molecule has 2 aromatic carbocycles. The molecule has 0 saturated heterocycles. The second kappa shape index (κ2) is 5.52. The molecule has 112 valence electrons. The van der Waals surface area contributed by atoms with E-state index in [-0.39, 0.29) is 11.9 Å². The summed E-state index contributed by atoms with van der Waals surface area (Å²) >= 11 is 0. The van der Waals surface area contributed by atoms with Crippen molar-refractivity contribution >= 4 is 23.2 Å². The van der Waals surface area contributed by atoms with Crippen LogP contribution < -0.4 is 16.4 Å². The van der Waals surface area contributed by atoms with Crippen LogP contribution in [0.1, 0.15) is 23.7 Å². The van der Waals surface area contributed by atoms with Crippen LogP contribution in [0.25, 0.3) is 11.1 Å². The molecule has 1 heterocycles. The van der Waals surface area contributed by atoms with E-state index >= 15 is 0 Å². The molecule has 1 aliphatic heterocycles. The van der Waals surface area contributed by atoms with Gasteiger partial charge in [-0.05, 0) is 30.7 Å². The molecule has 0 fully saturated rings. The van der Waals surface area contributed by atoms with Crippen LogP contribution in [0.3, 0.4) is 0 Å². The maximum absolute atomic E-state index is 11.8. The van der Waals surface area contributed by atoms with Crippen LogP contribution in [0.15, 0.2) is 42.5 Å². The molecule has 1 unspecified atom stereocenters. The lowest BCUT2D eigenvalue weighted by Crippen LogP contribution is -2.19. The smallest absolute Gasteiger partial charge is 0.248 e. The van der Waals surface area contributed by atoms with Crippen LogP contribution in [-0.4, -0.2) is 17.9 Å². The number of carbonyl (C=O) groups is 2. The van der Waals surface area contributed by atoms with Crippen LogP contribution in [0.4, 0.5) is 11.4 Å². The third kappa shape index (κ3) is 2.65. The van der Waals surface area contributed by atoms with Crippen molar-refractivity contribution < 1.29 is 9.59 Å². The van der Waals surface area contributed by atoms with Crippen LogP contribution in [0.5, 0.6) is 0 Å². The maximum atomic E-state index is 11.8. The Kier molecular flexibility index (Phi) is 3.55. The summed E-state index contributed by atoms with van der Waals surface area (Å²) in [5, 5.41) is 6.30. The lowest BCUT2D eigenvalue weighted by molar-refractivity contribution is -0.116. The summed E-state index contributed by atoms with van der Waals surface area (Å²) in [7, 11) is 0. The van der Waals surface area contributed by atoms with Crippen molar-refractivity contribution in [2.24, 2.45) is 5.73 Å². The van der Waals surface area contributed by atoms with E-state index in [1.165, 1.54) is 0 Å². The van der Waals surface area contributed by atoms with Crippen LogP contribution in [-0.2, 0) is 4.79 Å². The maximum Gasteiger partial charge on any atom is 0.248 e. The fourth-order valence-corrected chi connectivity index (χ4v) is 2.64. The fraction of sp³-hybridized carbons (Fsp3) is 0.176. The summed E-state index contributed by atoms with van der Waals surface area (Å²) in [5.74, 6) is -0.447. The molecule has 0 radical (unpaired) electrons. The number of amides is 2. The molecule has 0 aliphatic carbocycles. The predicted octanol–water partition coefficient (Wildman–Crippen LogP) is 2.60. The molecule has 5 heteroatoms. The van der Waals surface area contributed by atoms with Crippen molar-refractivity contribution in [1.82, 2.24) is 0 Å². The van der Waals surface area contributed by atoms with Crippen molar-refractivity contribution in [3.8, 4) is 11.1 Å². The van der Waals surface area contributed by atoms with E-state index in [4.69, 9.17) is 5.73 Å². The van der Waals surface area contributed by atoms with Crippen LogP contribution in [0, 0.1) is 0 Å². The number of hydrogen-bond donors (Lipinski definition) is 3. The van der Waals surface area contributed by atoms with Gasteiger partial charge in [0, 0.05) is 23.6 Å². The van der Waals surface area contributed by atoms with E-state index in [0.29, 0.717) is 12.0 Å². The fourth-order valence-electron chi connectivity index (χ4n) is 2.64. The number of nitrogens with two attached hydrogens (primary N) is 1. The Morgan fingerprint density at radius 2 is 1.91 bits per heavy atom. The van der Waals surface area contributed by atoms with Gasteiger partial charge in [0.15, 0.2) is 0 Å². The molecule has 2 amide bonds. The van der Waals surface area contributed by atoms with E-state index in [1.54, 1.807) is 12.1 Å². The quantitative estimate of drug-likeness (QED) is 0.796. The standard InChI is InChI=1S/C17H17N3O2/c1-10-9-15(21)20-14-4-2-3-13(16(14)19-10)11-5-7-12(8-6-11)17(18)22/h2-8,10,19H,9H2,1H3,(H2,18,22)(H,20,21). The second-order valence-corrected chi connectivity index (χ2v) is 5.47. The van der Waals surface area contributed by atoms with Crippen LogP contribution in [0.2, 0.25) is 0 Å². The van der Waals surface area contributed by atoms with Crippen molar-refractivity contribution in [3.05, 3.63) is 48.0 Å². The van der Waals surface area contributed by atoms with Gasteiger partial charge in [0.2, 0.25) is 11.8 Å². The third-order valence-electron chi connectivity index (χ3n) is 3.70. The summed E-state index contributed by atoms with van der Waals surface area (Å²) in [4.78, 5) is 23.0. The summed E-state index contributed by atoms with van der Waals surface area (Å²) in [5.41, 5.74) is 9.34. The van der Waals surface area contributed by atoms with Crippen molar-refractivity contribution in [1.29, 1.82) is 0 Å². The Bertz CT molecular complexity index is 738. The largest absolute Gasteiger partial charge is 0.380 e. The average molecular weight is 295 g/mol. The minimum atomic E-state index is -0.447. The Morgan fingerprint density at radius 3 is 2.59 bits per heavy atom. The van der Waals surface area contributed by atoms with E-state index < -0.39 is 5.91 Å². The van der Waals surface area contributed by atoms with Crippen LogP contribution >= 0.6 is 0 Å². The van der Waals surface area contributed by atoms with Gasteiger partial charge in [-0.1, -0.05) is 24.3 Å². The first-order valence-electron chi connectivity index (χ1n) is 7.14. The topological polar surface area (TPSA) is 84.2 Å². The van der Waals surface area contributed by atoms with Gasteiger partial charge < -0.3 is 16.4 Å². The lowest BCUT2D eigenvalue weighted by Gasteiger charge is -2.16. The Labute approximate surface area is 128 Å². The van der Waals surface area contributed by atoms with E-state index in [0.717, 1.165) is 22.5 Å². The number of benzene rings is 2. The van der Waals surface area contributed by atoms with Crippen molar-refractivity contribution in [3.63, 3.8) is 0 Å². The highest BCUT2D eigenvalue weighted by atomic mass is 16.2. The van der Waals surface area contributed by atoms with Gasteiger partial charge in [-0.2, -0.15) is 0 Å². The number of anilines is 2. The molecule has 0 bridgehead atoms. The van der Waals surface area contributed by atoms with Crippen molar-refractivity contribution in [2.75, 3.05) is 10.6 Å². The first kappa shape index (κ1) is 14.1. The second-order valence-electron chi connectivity index (χ2n) is 5.47. The highest BCUT2D eigenvalue weighted by Crippen LogP contribution is 2.36. The number of fused-ring (bicyclic) bond motifs is 1. The number of hydrogen-bond acceptors (Lipinski definition) is 3. The highest BCUT2D eigenvalue weighted by molar-refractivity contribution is 6.00. The number of primary amides is 1. The van der Waals surface area contributed by atoms with Gasteiger partial charge in [-0.25, -0.2) is 0 Å². The van der Waals surface area contributed by atoms with Gasteiger partial charge in [0.1, 0.15) is 0 Å². The molecule has 3 rings (SSSR count). The summed E-state index contributed by atoms with van der Waals surface area (Å²) in [6, 6.07) is 12.9. The molecule has 0 aromatic heterocycles. The molecular formula is C17H17N3O2. The molecule has 2 aromatic rings. The van der Waals surface area contributed by atoms with Gasteiger partial charge >= 0.3 is 0 Å². The number of nitrogens with one attached hydrogen (secondary N) is 2. The minimum absolute atomic E-state index is 0.0000219. The van der Waals surface area contributed by atoms with E-state index in [9.17, 15) is 9.59 Å². The minimum Gasteiger partial charge on any atom is -0.380 e. The number of rotatable bonds is 2. The normalized spacial score (nSPS) is 17.0. The molecular weight excluding hydrogens is 278 g/mol. The Morgan fingerprint density at radius 1 is 1.18 bits per heavy atom. The van der Waals surface area contributed by atoms with Gasteiger partial charge in [-0.3, -0.25) is 9.59 Å². The molecule has 22 heavy (non-hydrogen) atoms. The zero-order chi connectivity index (χ0) is 15.7. The van der Waals surface area contributed by atoms with E-state index in [2.05, 4.69) is 10.6 Å². The molecule has 4 N–H and O–H groups in total. The summed E-state index contributed by atoms with van der Waals surface area (Å²) < 4.78 is 0. The van der Waals surface area contributed by atoms with Gasteiger partial charge in [0.05, 0.1) is 11.4 Å². The zero-order valence-corrected chi connectivity index (χ0v) is 12.2. The summed E-state index contributed by atoms with van der Waals surface area (Å²) in [6.45, 7) is 1.97. The predicted molar refractivity (Wildman–Crippen MR) is 86.7 cm³/mol. The Hall–Kier alpha value is -2.82. The number of para-hydroxylation sites is 1. The monoisotopic (exact) mass is 295 g/mol. The summed E-state index contributed by atoms with van der Waals surface area (Å²) in [6.07, 6.45) is 0.425. The average Bonchev–Trinajstić information content (AvgIpc) is 2.63. The first-order chi connectivity index (χ1) is 10.5. The molecule has 1 aliphatic rings. The van der Waals surface area contributed by atoms with Gasteiger partial charge in [0.25, 0.3) is 0 Å². The molecule has 0 saturated carbocycles. The van der Waals surface area contributed by atoms with Gasteiger partial charge in [-0.15, -0.1) is 0 Å². The molecule has 0 spiro atoms. The third-order valence-corrected chi connectivity index (χ3v) is 3.70. The SMILES string of the molecule is CC1CC(=O)Nc2cccc(-c3ccc(C(N)=O)cc3)c2N1. The van der Waals surface area contributed by atoms with Crippen molar-refractivity contribution in [2.45, 2.75) is 19.4 Å². The zero-order valence-electron chi connectivity index (χ0n) is 12.2. The molecule has 5 nitrogen and oxygen atoms in total. The lowest BCUT2D eigenvalue weighted by atomic mass is 10.0. The highest BCUT2D eigenvalue weighted by Gasteiger charge is 2.20.